The number of rotatable bonds is 11. The molecule has 44 heavy (non-hydrogen) atoms. The molecule has 12 nitrogen and oxygen atoms in total. The van der Waals surface area contributed by atoms with E-state index in [4.69, 9.17) is 36.1 Å². The predicted molar refractivity (Wildman–Crippen MR) is 165 cm³/mol. The van der Waals surface area contributed by atoms with Crippen LogP contribution in [0.1, 0.15) is 35.2 Å². The van der Waals surface area contributed by atoms with Gasteiger partial charge in [0, 0.05) is 16.1 Å². The monoisotopic (exact) mass is 616 g/mol. The molecule has 0 aliphatic carbocycles. The first-order valence-electron chi connectivity index (χ1n) is 13.8. The molecule has 14 heteroatoms. The Kier molecular flexibility index (Phi) is 9.58. The van der Waals surface area contributed by atoms with Gasteiger partial charge in [-0.3, -0.25) is 19.1 Å². The predicted octanol–water partition coefficient (Wildman–Crippen LogP) is 1.51. The molecule has 1 aromatic heterocycles. The Hall–Kier alpha value is -4.72. The van der Waals surface area contributed by atoms with Crippen LogP contribution >= 0.6 is 11.6 Å². The Morgan fingerprint density at radius 3 is 2.41 bits per heavy atom. The third kappa shape index (κ3) is 7.08. The number of carbonyl (C=O) groups excluding carboxylic acids is 2. The summed E-state index contributed by atoms with van der Waals surface area (Å²) in [7, 11) is 0.0365. The third-order valence-corrected chi connectivity index (χ3v) is 7.20. The molecule has 0 fully saturated rings. The summed E-state index contributed by atoms with van der Waals surface area (Å²) in [6.45, 7) is 1.99. The van der Waals surface area contributed by atoms with Gasteiger partial charge in [-0.05, 0) is 54.9 Å². The third-order valence-electron chi connectivity index (χ3n) is 6.95. The lowest BCUT2D eigenvalue weighted by atomic mass is 9.80. The molecular weight excluding hydrogens is 587 g/mol. The van der Waals surface area contributed by atoms with E-state index in [0.717, 1.165) is 16.8 Å². The molecule has 0 unspecified atom stereocenters. The number of ether oxygens (including phenoxy) is 2. The number of carbonyl (C=O) groups is 2. The Morgan fingerprint density at radius 1 is 0.977 bits per heavy atom. The van der Waals surface area contributed by atoms with Gasteiger partial charge >= 0.3 is 7.12 Å². The van der Waals surface area contributed by atoms with Gasteiger partial charge in [0.25, 0.3) is 0 Å². The van der Waals surface area contributed by atoms with Crippen molar-refractivity contribution in [3.05, 3.63) is 94.5 Å². The van der Waals surface area contributed by atoms with Crippen LogP contribution in [0, 0.1) is 6.92 Å². The molecule has 5 rings (SSSR count). The summed E-state index contributed by atoms with van der Waals surface area (Å²) in [4.78, 5) is 30.5. The van der Waals surface area contributed by atoms with Crippen molar-refractivity contribution in [3.63, 3.8) is 0 Å². The average Bonchev–Trinajstić information content (AvgIpc) is 3.35. The number of aromatic nitrogens is 3. The van der Waals surface area contributed by atoms with Crippen molar-refractivity contribution < 1.29 is 29.1 Å². The minimum absolute atomic E-state index is 0.0741. The van der Waals surface area contributed by atoms with Crippen molar-refractivity contribution in [3.8, 4) is 17.2 Å². The Bertz CT molecular complexity index is 1680. The highest BCUT2D eigenvalue weighted by Crippen LogP contribution is 2.34. The maximum Gasteiger partial charge on any atom is 0.488 e. The van der Waals surface area contributed by atoms with Crippen LogP contribution in [0.3, 0.4) is 0 Å². The van der Waals surface area contributed by atoms with Crippen LogP contribution < -0.4 is 25.6 Å². The van der Waals surface area contributed by atoms with Gasteiger partial charge in [0.05, 0.1) is 38.0 Å². The summed E-state index contributed by atoms with van der Waals surface area (Å²) >= 11 is 6.16. The van der Waals surface area contributed by atoms with Gasteiger partial charge in [0.1, 0.15) is 30.0 Å². The number of nitrogens with zero attached hydrogens (tertiary/aromatic N) is 4. The van der Waals surface area contributed by atoms with Gasteiger partial charge in [0.2, 0.25) is 11.8 Å². The number of methoxy groups -OCH3 is 1. The summed E-state index contributed by atoms with van der Waals surface area (Å²) in [5, 5.41) is 32.9. The molecule has 0 spiro atoms. The van der Waals surface area contributed by atoms with Crippen LogP contribution in [0.15, 0.2) is 71.7 Å². The quantitative estimate of drug-likeness (QED) is 0.146. The molecule has 0 radical (unpaired) electrons. The lowest BCUT2D eigenvalue weighted by Gasteiger charge is -2.14. The van der Waals surface area contributed by atoms with Gasteiger partial charge in [-0.15, -0.1) is 10.2 Å². The molecule has 0 saturated carbocycles. The second-order valence-electron chi connectivity index (χ2n) is 9.95. The van der Waals surface area contributed by atoms with E-state index >= 15 is 0 Å². The van der Waals surface area contributed by atoms with Crippen molar-refractivity contribution in [2.45, 2.75) is 19.4 Å². The maximum atomic E-state index is 13.1. The Labute approximate surface area is 258 Å². The zero-order chi connectivity index (χ0) is 31.2. The average molecular weight is 617 g/mol. The number of hydrogen-bond acceptors (Lipinski definition) is 9. The topological polar surface area (TPSA) is 160 Å². The molecule has 4 N–H and O–H groups in total. The van der Waals surface area contributed by atoms with Crippen LogP contribution in [-0.4, -0.2) is 76.3 Å². The molecule has 226 valence electrons. The number of hydrogen-bond donors (Lipinski definition) is 4. The largest absolute Gasteiger partial charge is 0.497 e. The van der Waals surface area contributed by atoms with E-state index in [2.05, 4.69) is 20.8 Å². The second-order valence-corrected chi connectivity index (χ2v) is 10.4. The minimum atomic E-state index is -1.55. The van der Waals surface area contributed by atoms with E-state index in [0.29, 0.717) is 39.3 Å². The van der Waals surface area contributed by atoms with E-state index in [1.807, 2.05) is 41.8 Å². The molecule has 1 aliphatic heterocycles. The van der Waals surface area contributed by atoms with Crippen LogP contribution in [-0.2, 0) is 9.59 Å². The lowest BCUT2D eigenvalue weighted by Crippen LogP contribution is -2.38. The molecule has 1 atom stereocenters. The van der Waals surface area contributed by atoms with E-state index in [1.165, 1.54) is 12.1 Å². The van der Waals surface area contributed by atoms with Crippen molar-refractivity contribution in [1.82, 2.24) is 25.4 Å². The van der Waals surface area contributed by atoms with Gasteiger partial charge in [-0.25, -0.2) is 0 Å². The van der Waals surface area contributed by atoms with Gasteiger partial charge in [-0.2, -0.15) is 0 Å². The normalized spacial score (nSPS) is 13.6. The summed E-state index contributed by atoms with van der Waals surface area (Å²) in [5.41, 5.74) is 3.36. The van der Waals surface area contributed by atoms with E-state index in [9.17, 15) is 9.59 Å². The highest BCUT2D eigenvalue weighted by molar-refractivity contribution is 6.58. The highest BCUT2D eigenvalue weighted by atomic mass is 35.5. The molecule has 1 aliphatic rings. The van der Waals surface area contributed by atoms with Gasteiger partial charge in [-0.1, -0.05) is 35.9 Å². The SMILES string of the molecule is COc1ccc2c(c1)C(c1ccc(Cl)cc1)=N[C@@H](CC(=O)NCC(=O)NCCOc1ccc(B(O)O)cc1)c1nnc(C)n1-2. The fourth-order valence-corrected chi connectivity index (χ4v) is 4.89. The minimum Gasteiger partial charge on any atom is -0.497 e. The van der Waals surface area contributed by atoms with Gasteiger partial charge in [0.15, 0.2) is 5.82 Å². The first-order chi connectivity index (χ1) is 21.2. The standard InChI is InChI=1S/C30H30BClN6O6/c1-18-36-37-30-25(16-27(39)34-17-28(40)33-13-14-44-22-9-5-20(6-10-22)31(41)42)35-29(19-3-7-21(32)8-4-19)24-15-23(43-2)11-12-26(24)38(18)30/h3-12,15,25,41-42H,13-14,16-17H2,1-2H3,(H,33,40)(H,34,39)/t25-/m0/s1. The van der Waals surface area contributed by atoms with E-state index in [1.54, 1.807) is 31.4 Å². The number of benzene rings is 3. The molecular formula is C30H30BClN6O6. The van der Waals surface area contributed by atoms with Crippen LogP contribution in [0.4, 0.5) is 0 Å². The van der Waals surface area contributed by atoms with Gasteiger partial charge < -0.3 is 30.2 Å². The lowest BCUT2D eigenvalue weighted by molar-refractivity contribution is -0.126. The molecule has 2 heterocycles. The number of amides is 2. The summed E-state index contributed by atoms with van der Waals surface area (Å²) in [6, 6.07) is 18.5. The Balaban J connectivity index is 1.26. The number of fused-ring (bicyclic) bond motifs is 3. The fraction of sp³-hybridized carbons (Fsp3) is 0.233. The molecule has 0 bridgehead atoms. The summed E-state index contributed by atoms with van der Waals surface area (Å²) in [5.74, 6) is 1.52. The highest BCUT2D eigenvalue weighted by Gasteiger charge is 2.30. The number of nitrogens with one attached hydrogen (secondary N) is 2. The Morgan fingerprint density at radius 2 is 1.70 bits per heavy atom. The van der Waals surface area contributed by atoms with Crippen molar-refractivity contribution in [2.75, 3.05) is 26.8 Å². The number of aryl methyl sites for hydroxylation is 1. The molecule has 2 amide bonds. The fourth-order valence-electron chi connectivity index (χ4n) is 4.76. The number of aliphatic imine (C=N–C) groups is 1. The maximum absolute atomic E-state index is 13.1. The zero-order valence-electron chi connectivity index (χ0n) is 24.0. The van der Waals surface area contributed by atoms with Crippen molar-refractivity contribution in [1.29, 1.82) is 0 Å². The van der Waals surface area contributed by atoms with E-state index in [-0.39, 0.29) is 37.9 Å². The number of halogens is 1. The summed E-state index contributed by atoms with van der Waals surface area (Å²) in [6.07, 6.45) is -0.0741. The zero-order valence-corrected chi connectivity index (χ0v) is 24.8. The molecule has 4 aromatic rings. The first-order valence-corrected chi connectivity index (χ1v) is 14.2. The van der Waals surface area contributed by atoms with Crippen LogP contribution in [0.25, 0.3) is 5.69 Å². The molecule has 3 aromatic carbocycles. The van der Waals surface area contributed by atoms with Crippen molar-refractivity contribution in [2.24, 2.45) is 4.99 Å². The van der Waals surface area contributed by atoms with Crippen LogP contribution in [0.2, 0.25) is 5.02 Å². The first kappa shape index (κ1) is 30.7. The smallest absolute Gasteiger partial charge is 0.488 e. The summed E-state index contributed by atoms with van der Waals surface area (Å²) < 4.78 is 12.9. The van der Waals surface area contributed by atoms with Crippen LogP contribution in [0.5, 0.6) is 11.5 Å². The molecule has 0 saturated heterocycles. The van der Waals surface area contributed by atoms with Crippen molar-refractivity contribution >= 4 is 41.7 Å². The van der Waals surface area contributed by atoms with E-state index < -0.39 is 13.2 Å². The second kappa shape index (κ2) is 13.7.